The molecule has 2 heterocycles. The molecule has 0 spiro atoms. The van der Waals surface area contributed by atoms with Gasteiger partial charge in [-0.25, -0.2) is 0 Å². The summed E-state index contributed by atoms with van der Waals surface area (Å²) in [6.07, 6.45) is 2.75. The van der Waals surface area contributed by atoms with Crippen LogP contribution in [0.1, 0.15) is 22.9 Å². The van der Waals surface area contributed by atoms with Crippen LogP contribution in [-0.4, -0.2) is 0 Å². The first kappa shape index (κ1) is 8.74. The van der Waals surface area contributed by atoms with Gasteiger partial charge in [0.05, 0.1) is 12.3 Å². The summed E-state index contributed by atoms with van der Waals surface area (Å²) in [4.78, 5) is 0. The van der Waals surface area contributed by atoms with E-state index in [0.29, 0.717) is 6.04 Å². The summed E-state index contributed by atoms with van der Waals surface area (Å²) >= 11 is 0. The van der Waals surface area contributed by atoms with E-state index in [0.717, 1.165) is 18.7 Å². The molecule has 0 bridgehead atoms. The molecule has 1 unspecified atom stereocenters. The number of hydrogen-bond acceptors (Lipinski definition) is 2. The lowest BCUT2D eigenvalue weighted by atomic mass is 9.95. The number of benzene rings is 1. The molecule has 15 heavy (non-hydrogen) atoms. The standard InChI is InChI=1S/C13H13NO/c1-2-5-11-9-14-12(8-10(11)4-1)13-6-3-7-15-13/h1-7,12,14H,8-9H2. The molecule has 2 heteroatoms. The summed E-state index contributed by atoms with van der Waals surface area (Å²) in [6.45, 7) is 0.932. The molecule has 0 amide bonds. The summed E-state index contributed by atoms with van der Waals surface area (Å²) < 4.78 is 5.43. The third-order valence-corrected chi connectivity index (χ3v) is 2.97. The molecule has 0 radical (unpaired) electrons. The summed E-state index contributed by atoms with van der Waals surface area (Å²) in [5, 5.41) is 3.48. The first-order chi connectivity index (χ1) is 7.43. The van der Waals surface area contributed by atoms with Crippen LogP contribution in [0.2, 0.25) is 0 Å². The van der Waals surface area contributed by atoms with Gasteiger partial charge in [0.1, 0.15) is 5.76 Å². The molecule has 1 atom stereocenters. The van der Waals surface area contributed by atoms with Gasteiger partial charge in [-0.2, -0.15) is 0 Å². The van der Waals surface area contributed by atoms with E-state index in [1.807, 2.05) is 12.1 Å². The van der Waals surface area contributed by atoms with E-state index >= 15 is 0 Å². The minimum Gasteiger partial charge on any atom is -0.468 e. The van der Waals surface area contributed by atoms with Crippen molar-refractivity contribution in [2.75, 3.05) is 0 Å². The van der Waals surface area contributed by atoms with E-state index in [9.17, 15) is 0 Å². The van der Waals surface area contributed by atoms with Crippen LogP contribution < -0.4 is 5.32 Å². The largest absolute Gasteiger partial charge is 0.468 e. The van der Waals surface area contributed by atoms with Gasteiger partial charge in [-0.1, -0.05) is 24.3 Å². The van der Waals surface area contributed by atoms with Crippen molar-refractivity contribution in [1.29, 1.82) is 0 Å². The fraction of sp³-hybridized carbons (Fsp3) is 0.231. The molecule has 0 saturated heterocycles. The minimum absolute atomic E-state index is 0.329. The number of rotatable bonds is 1. The fourth-order valence-corrected chi connectivity index (χ4v) is 2.15. The Morgan fingerprint density at radius 2 is 1.93 bits per heavy atom. The zero-order valence-corrected chi connectivity index (χ0v) is 8.44. The van der Waals surface area contributed by atoms with Crippen LogP contribution in [-0.2, 0) is 13.0 Å². The van der Waals surface area contributed by atoms with Crippen LogP contribution in [0.15, 0.2) is 47.1 Å². The van der Waals surface area contributed by atoms with Crippen LogP contribution >= 0.6 is 0 Å². The highest BCUT2D eigenvalue weighted by atomic mass is 16.3. The van der Waals surface area contributed by atoms with Gasteiger partial charge in [0.15, 0.2) is 0 Å². The van der Waals surface area contributed by atoms with Crippen molar-refractivity contribution >= 4 is 0 Å². The molecule has 2 nitrogen and oxygen atoms in total. The first-order valence-electron chi connectivity index (χ1n) is 5.27. The Hall–Kier alpha value is -1.54. The second-order valence-electron chi connectivity index (χ2n) is 3.92. The zero-order valence-electron chi connectivity index (χ0n) is 8.44. The molecular weight excluding hydrogens is 186 g/mol. The van der Waals surface area contributed by atoms with Crippen molar-refractivity contribution < 1.29 is 4.42 Å². The van der Waals surface area contributed by atoms with Gasteiger partial charge in [-0.05, 0) is 29.7 Å². The highest BCUT2D eigenvalue weighted by Gasteiger charge is 2.20. The van der Waals surface area contributed by atoms with Crippen molar-refractivity contribution in [2.24, 2.45) is 0 Å². The highest BCUT2D eigenvalue weighted by molar-refractivity contribution is 5.31. The molecule has 1 aliphatic heterocycles. The Kier molecular flexibility index (Phi) is 2.07. The summed E-state index contributed by atoms with van der Waals surface area (Å²) in [7, 11) is 0. The fourth-order valence-electron chi connectivity index (χ4n) is 2.15. The Morgan fingerprint density at radius 1 is 1.07 bits per heavy atom. The van der Waals surface area contributed by atoms with Crippen molar-refractivity contribution in [1.82, 2.24) is 5.32 Å². The number of nitrogens with one attached hydrogen (secondary N) is 1. The van der Waals surface area contributed by atoms with Crippen LogP contribution in [0.5, 0.6) is 0 Å². The zero-order chi connectivity index (χ0) is 10.1. The van der Waals surface area contributed by atoms with Gasteiger partial charge >= 0.3 is 0 Å². The van der Waals surface area contributed by atoms with Crippen LogP contribution in [0, 0.1) is 0 Å². The van der Waals surface area contributed by atoms with Gasteiger partial charge in [-0.15, -0.1) is 0 Å². The molecule has 1 N–H and O–H groups in total. The van der Waals surface area contributed by atoms with E-state index in [1.165, 1.54) is 11.1 Å². The van der Waals surface area contributed by atoms with Gasteiger partial charge in [-0.3, -0.25) is 0 Å². The maximum atomic E-state index is 5.43. The molecule has 2 aromatic rings. The maximum Gasteiger partial charge on any atom is 0.121 e. The van der Waals surface area contributed by atoms with E-state index in [1.54, 1.807) is 6.26 Å². The summed E-state index contributed by atoms with van der Waals surface area (Å²) in [5.41, 5.74) is 2.83. The lowest BCUT2D eigenvalue weighted by molar-refractivity contribution is 0.395. The highest BCUT2D eigenvalue weighted by Crippen LogP contribution is 2.25. The second-order valence-corrected chi connectivity index (χ2v) is 3.92. The van der Waals surface area contributed by atoms with E-state index < -0.39 is 0 Å². The van der Waals surface area contributed by atoms with Crippen LogP contribution in [0.25, 0.3) is 0 Å². The molecular formula is C13H13NO. The lowest BCUT2D eigenvalue weighted by Crippen LogP contribution is -2.28. The lowest BCUT2D eigenvalue weighted by Gasteiger charge is -2.24. The van der Waals surface area contributed by atoms with Crippen molar-refractivity contribution in [2.45, 2.75) is 19.0 Å². The quantitative estimate of drug-likeness (QED) is 0.763. The van der Waals surface area contributed by atoms with Gasteiger partial charge in [0.25, 0.3) is 0 Å². The maximum absolute atomic E-state index is 5.43. The number of hydrogen-bond donors (Lipinski definition) is 1. The van der Waals surface area contributed by atoms with Crippen molar-refractivity contribution in [3.63, 3.8) is 0 Å². The molecule has 1 aromatic carbocycles. The van der Waals surface area contributed by atoms with Crippen LogP contribution in [0.3, 0.4) is 0 Å². The first-order valence-corrected chi connectivity index (χ1v) is 5.27. The second kappa shape index (κ2) is 3.55. The Labute approximate surface area is 88.9 Å². The molecule has 0 fully saturated rings. The van der Waals surface area contributed by atoms with Gasteiger partial charge < -0.3 is 9.73 Å². The molecule has 1 aliphatic rings. The topological polar surface area (TPSA) is 25.2 Å². The SMILES string of the molecule is c1coc(C2Cc3ccccc3CN2)c1. The molecule has 76 valence electrons. The molecule has 3 rings (SSSR count). The number of furan rings is 1. The average molecular weight is 199 g/mol. The van der Waals surface area contributed by atoms with Gasteiger partial charge in [0, 0.05) is 6.54 Å². The average Bonchev–Trinajstić information content (AvgIpc) is 2.82. The Bertz CT molecular complexity index is 447. The monoisotopic (exact) mass is 199 g/mol. The predicted molar refractivity (Wildman–Crippen MR) is 58.4 cm³/mol. The third kappa shape index (κ3) is 1.57. The predicted octanol–water partition coefficient (Wildman–Crippen LogP) is 2.67. The van der Waals surface area contributed by atoms with Crippen molar-refractivity contribution in [3.05, 3.63) is 59.5 Å². The van der Waals surface area contributed by atoms with E-state index in [-0.39, 0.29) is 0 Å². The van der Waals surface area contributed by atoms with E-state index in [4.69, 9.17) is 4.42 Å². The number of fused-ring (bicyclic) bond motifs is 1. The molecule has 1 aromatic heterocycles. The Balaban J connectivity index is 1.89. The smallest absolute Gasteiger partial charge is 0.121 e. The minimum atomic E-state index is 0.329. The Morgan fingerprint density at radius 3 is 2.73 bits per heavy atom. The van der Waals surface area contributed by atoms with Crippen LogP contribution in [0.4, 0.5) is 0 Å². The molecule has 0 aliphatic carbocycles. The third-order valence-electron chi connectivity index (χ3n) is 2.97. The van der Waals surface area contributed by atoms with Crippen molar-refractivity contribution in [3.8, 4) is 0 Å². The van der Waals surface area contributed by atoms with Gasteiger partial charge in [0.2, 0.25) is 0 Å². The summed E-state index contributed by atoms with van der Waals surface area (Å²) in [5.74, 6) is 1.03. The molecule has 0 saturated carbocycles. The summed E-state index contributed by atoms with van der Waals surface area (Å²) in [6, 6.07) is 12.9. The van der Waals surface area contributed by atoms with E-state index in [2.05, 4.69) is 29.6 Å². The normalized spacial score (nSPS) is 19.9.